The quantitative estimate of drug-likeness (QED) is 0.856. The summed E-state index contributed by atoms with van der Waals surface area (Å²) >= 11 is 0. The molecule has 0 aliphatic carbocycles. The lowest BCUT2D eigenvalue weighted by Gasteiger charge is -2.22. The van der Waals surface area contributed by atoms with E-state index in [0.717, 1.165) is 18.4 Å². The van der Waals surface area contributed by atoms with Crippen LogP contribution in [0.2, 0.25) is 0 Å². The van der Waals surface area contributed by atoms with Crippen molar-refractivity contribution in [1.29, 1.82) is 0 Å². The summed E-state index contributed by atoms with van der Waals surface area (Å²) in [7, 11) is 0. The van der Waals surface area contributed by atoms with Crippen molar-refractivity contribution in [2.24, 2.45) is 0 Å². The molecule has 2 atom stereocenters. The average molecular weight is 247 g/mol. The molecule has 2 aliphatic heterocycles. The predicted octanol–water partition coefficient (Wildman–Crippen LogP) is 1.29. The number of benzene rings is 1. The molecule has 1 N–H and O–H groups in total. The van der Waals surface area contributed by atoms with Crippen molar-refractivity contribution in [3.05, 3.63) is 35.9 Å². The maximum Gasteiger partial charge on any atom is 0.257 e. The normalized spacial score (nSPS) is 31.5. The third kappa shape index (κ3) is 1.82. The van der Waals surface area contributed by atoms with Gasteiger partial charge in [0.15, 0.2) is 5.60 Å². The van der Waals surface area contributed by atoms with Crippen molar-refractivity contribution in [2.45, 2.75) is 37.6 Å². The molecule has 96 valence electrons. The fourth-order valence-electron chi connectivity index (χ4n) is 2.87. The Balaban J connectivity index is 1.79. The molecule has 2 saturated heterocycles. The van der Waals surface area contributed by atoms with E-state index in [1.165, 1.54) is 4.90 Å². The van der Waals surface area contributed by atoms with Crippen LogP contribution < -0.4 is 0 Å². The van der Waals surface area contributed by atoms with Crippen LogP contribution in [-0.2, 0) is 16.1 Å². The van der Waals surface area contributed by atoms with E-state index in [1.807, 2.05) is 30.3 Å². The molecule has 18 heavy (non-hydrogen) atoms. The monoisotopic (exact) mass is 247 g/mol. The van der Waals surface area contributed by atoms with Crippen LogP contribution in [0.15, 0.2) is 30.3 Å². The lowest BCUT2D eigenvalue weighted by Crippen LogP contribution is -2.40. The molecule has 0 bridgehead atoms. The van der Waals surface area contributed by atoms with E-state index in [0.29, 0.717) is 19.6 Å². The average Bonchev–Trinajstić information content (AvgIpc) is 2.93. The second-order valence-electron chi connectivity index (χ2n) is 5.05. The van der Waals surface area contributed by atoms with Gasteiger partial charge in [0.05, 0.1) is 0 Å². The van der Waals surface area contributed by atoms with Gasteiger partial charge in [0, 0.05) is 19.6 Å². The summed E-state index contributed by atoms with van der Waals surface area (Å²) in [5.41, 5.74) is 0.286. The summed E-state index contributed by atoms with van der Waals surface area (Å²) in [6.45, 7) is 1.07. The van der Waals surface area contributed by atoms with Gasteiger partial charge in [0.25, 0.3) is 5.91 Å². The Morgan fingerprint density at radius 3 is 2.83 bits per heavy atom. The number of amides is 1. The van der Waals surface area contributed by atoms with Crippen LogP contribution in [0.3, 0.4) is 0 Å². The SMILES string of the molecule is O=C1N(Cc2ccccc2)[C@@H](O)C[C@]12CCCO2. The number of aliphatic hydroxyl groups excluding tert-OH is 1. The molecular formula is C14H17NO3. The largest absolute Gasteiger partial charge is 0.373 e. The molecular weight excluding hydrogens is 230 g/mol. The Hall–Kier alpha value is -1.39. The number of hydrogen-bond donors (Lipinski definition) is 1. The summed E-state index contributed by atoms with van der Waals surface area (Å²) < 4.78 is 5.60. The van der Waals surface area contributed by atoms with Gasteiger partial charge in [-0.15, -0.1) is 0 Å². The van der Waals surface area contributed by atoms with Gasteiger partial charge >= 0.3 is 0 Å². The number of aliphatic hydroxyl groups is 1. The minimum absolute atomic E-state index is 0.0589. The van der Waals surface area contributed by atoms with Gasteiger partial charge < -0.3 is 14.7 Å². The predicted molar refractivity (Wildman–Crippen MR) is 65.5 cm³/mol. The van der Waals surface area contributed by atoms with Crippen molar-refractivity contribution in [2.75, 3.05) is 6.61 Å². The molecule has 0 radical (unpaired) electrons. The highest BCUT2D eigenvalue weighted by atomic mass is 16.5. The first kappa shape index (κ1) is 11.7. The molecule has 1 spiro atoms. The molecule has 3 rings (SSSR count). The minimum Gasteiger partial charge on any atom is -0.373 e. The standard InChI is InChI=1S/C14H17NO3/c16-12-9-14(7-4-8-18-14)13(17)15(12)10-11-5-2-1-3-6-11/h1-3,5-6,12,16H,4,7-10H2/t12-,14+/m0/s1. The molecule has 0 saturated carbocycles. The van der Waals surface area contributed by atoms with E-state index in [2.05, 4.69) is 0 Å². The van der Waals surface area contributed by atoms with Crippen molar-refractivity contribution in [3.8, 4) is 0 Å². The molecule has 2 fully saturated rings. The minimum atomic E-state index is -0.742. The van der Waals surface area contributed by atoms with Gasteiger partial charge in [0.2, 0.25) is 0 Å². The van der Waals surface area contributed by atoms with Crippen LogP contribution in [0.1, 0.15) is 24.8 Å². The van der Waals surface area contributed by atoms with Crippen molar-refractivity contribution < 1.29 is 14.6 Å². The number of nitrogens with zero attached hydrogens (tertiary/aromatic N) is 1. The zero-order valence-corrected chi connectivity index (χ0v) is 10.2. The van der Waals surface area contributed by atoms with Gasteiger partial charge in [0.1, 0.15) is 6.23 Å². The first-order valence-corrected chi connectivity index (χ1v) is 6.38. The van der Waals surface area contributed by atoms with Gasteiger partial charge in [-0.25, -0.2) is 0 Å². The van der Waals surface area contributed by atoms with Crippen LogP contribution in [0.25, 0.3) is 0 Å². The number of carbonyl (C=O) groups excluding carboxylic acids is 1. The van der Waals surface area contributed by atoms with E-state index in [1.54, 1.807) is 0 Å². The van der Waals surface area contributed by atoms with Gasteiger partial charge in [-0.2, -0.15) is 0 Å². The first-order valence-electron chi connectivity index (χ1n) is 6.38. The molecule has 0 aromatic heterocycles. The van der Waals surface area contributed by atoms with Crippen molar-refractivity contribution in [1.82, 2.24) is 4.90 Å². The van der Waals surface area contributed by atoms with Crippen molar-refractivity contribution >= 4 is 5.91 Å². The van der Waals surface area contributed by atoms with E-state index in [-0.39, 0.29) is 5.91 Å². The maximum atomic E-state index is 12.4. The summed E-state index contributed by atoms with van der Waals surface area (Å²) in [5, 5.41) is 10.1. The molecule has 2 heterocycles. The van der Waals surface area contributed by atoms with E-state index < -0.39 is 11.8 Å². The fraction of sp³-hybridized carbons (Fsp3) is 0.500. The number of carbonyl (C=O) groups is 1. The lowest BCUT2D eigenvalue weighted by molar-refractivity contribution is -0.147. The van der Waals surface area contributed by atoms with Crippen LogP contribution in [0.4, 0.5) is 0 Å². The first-order chi connectivity index (χ1) is 8.71. The molecule has 1 aromatic carbocycles. The number of ether oxygens (including phenoxy) is 1. The molecule has 0 unspecified atom stereocenters. The molecule has 4 nitrogen and oxygen atoms in total. The Morgan fingerprint density at radius 2 is 2.17 bits per heavy atom. The second kappa shape index (κ2) is 4.37. The highest BCUT2D eigenvalue weighted by Gasteiger charge is 2.53. The van der Waals surface area contributed by atoms with Gasteiger partial charge in [-0.1, -0.05) is 30.3 Å². The smallest absolute Gasteiger partial charge is 0.257 e. The summed E-state index contributed by atoms with van der Waals surface area (Å²) in [6, 6.07) is 9.72. The second-order valence-corrected chi connectivity index (χ2v) is 5.05. The highest BCUT2D eigenvalue weighted by molar-refractivity contribution is 5.88. The summed E-state index contributed by atoms with van der Waals surface area (Å²) in [5.74, 6) is -0.0589. The third-order valence-corrected chi connectivity index (χ3v) is 3.82. The van der Waals surface area contributed by atoms with Crippen LogP contribution in [0.5, 0.6) is 0 Å². The summed E-state index contributed by atoms with van der Waals surface area (Å²) in [6.07, 6.45) is 1.31. The zero-order valence-electron chi connectivity index (χ0n) is 10.2. The Bertz CT molecular complexity index is 440. The number of rotatable bonds is 2. The third-order valence-electron chi connectivity index (χ3n) is 3.82. The Kier molecular flexibility index (Phi) is 2.84. The van der Waals surface area contributed by atoms with E-state index in [9.17, 15) is 9.90 Å². The van der Waals surface area contributed by atoms with Gasteiger partial charge in [-0.05, 0) is 18.4 Å². The fourth-order valence-corrected chi connectivity index (χ4v) is 2.87. The van der Waals surface area contributed by atoms with Crippen LogP contribution in [-0.4, -0.2) is 34.3 Å². The highest BCUT2D eigenvalue weighted by Crippen LogP contribution is 2.39. The number of likely N-dealkylation sites (tertiary alicyclic amines) is 1. The number of hydrogen-bond acceptors (Lipinski definition) is 3. The molecule has 1 amide bonds. The maximum absolute atomic E-state index is 12.4. The Morgan fingerprint density at radius 1 is 1.39 bits per heavy atom. The van der Waals surface area contributed by atoms with E-state index >= 15 is 0 Å². The molecule has 1 aromatic rings. The lowest BCUT2D eigenvalue weighted by atomic mass is 9.98. The molecule has 2 aliphatic rings. The van der Waals surface area contributed by atoms with Gasteiger partial charge in [-0.3, -0.25) is 4.79 Å². The van der Waals surface area contributed by atoms with E-state index in [4.69, 9.17) is 4.74 Å². The Labute approximate surface area is 106 Å². The van der Waals surface area contributed by atoms with Crippen LogP contribution >= 0.6 is 0 Å². The summed E-state index contributed by atoms with van der Waals surface area (Å²) in [4.78, 5) is 13.9. The zero-order chi connectivity index (χ0) is 12.6. The van der Waals surface area contributed by atoms with Crippen LogP contribution in [0, 0.1) is 0 Å². The topological polar surface area (TPSA) is 49.8 Å². The van der Waals surface area contributed by atoms with Crippen molar-refractivity contribution in [3.63, 3.8) is 0 Å². The molecule has 4 heteroatoms.